The van der Waals surface area contributed by atoms with Gasteiger partial charge in [0.2, 0.25) is 5.82 Å². The smallest absolute Gasteiger partial charge is 0.417 e. The second-order valence-corrected chi connectivity index (χ2v) is 5.47. The molecule has 2 nitrogen and oxygen atoms in total. The summed E-state index contributed by atoms with van der Waals surface area (Å²) < 4.78 is 100.0. The van der Waals surface area contributed by atoms with Crippen molar-refractivity contribution in [3.8, 4) is 5.75 Å². The summed E-state index contributed by atoms with van der Waals surface area (Å²) in [6.45, 7) is -1.90. The summed E-state index contributed by atoms with van der Waals surface area (Å²) in [4.78, 5) is 0. The zero-order chi connectivity index (χ0) is 17.6. The first-order chi connectivity index (χ1) is 10.5. The molecule has 3 atom stereocenters. The van der Waals surface area contributed by atoms with Gasteiger partial charge in [-0.2, -0.15) is 26.3 Å². The number of rotatable bonds is 3. The molecule has 0 N–H and O–H groups in total. The van der Waals surface area contributed by atoms with E-state index in [1.807, 2.05) is 0 Å². The quantitative estimate of drug-likeness (QED) is 0.743. The molecule has 1 heterocycles. The maximum atomic E-state index is 13.7. The van der Waals surface area contributed by atoms with Gasteiger partial charge in [0.05, 0.1) is 6.61 Å². The van der Waals surface area contributed by atoms with E-state index < -0.39 is 54.2 Å². The average molecular weight is 346 g/mol. The number of ether oxygens (including phenoxy) is 2. The molecule has 1 aliphatic heterocycles. The molecule has 23 heavy (non-hydrogen) atoms. The van der Waals surface area contributed by atoms with Crippen LogP contribution >= 0.6 is 0 Å². The molecule has 1 aromatic rings. The van der Waals surface area contributed by atoms with Gasteiger partial charge < -0.3 is 9.47 Å². The second-order valence-electron chi connectivity index (χ2n) is 5.47. The lowest BCUT2D eigenvalue weighted by Crippen LogP contribution is -2.46. The molecule has 1 saturated heterocycles. The van der Waals surface area contributed by atoms with Gasteiger partial charge in [0.25, 0.3) is 0 Å². The fourth-order valence-corrected chi connectivity index (χ4v) is 2.67. The van der Waals surface area contributed by atoms with E-state index in [0.717, 1.165) is 13.0 Å². The monoisotopic (exact) mass is 346 g/mol. The predicted molar refractivity (Wildman–Crippen MR) is 65.3 cm³/mol. The summed E-state index contributed by atoms with van der Waals surface area (Å²) in [5.41, 5.74) is -2.81. The van der Waals surface area contributed by atoms with Gasteiger partial charge in [0.1, 0.15) is 0 Å². The topological polar surface area (TPSA) is 18.5 Å². The van der Waals surface area contributed by atoms with E-state index >= 15 is 0 Å². The minimum absolute atomic E-state index is 0.287. The van der Waals surface area contributed by atoms with Crippen LogP contribution in [0, 0.1) is 17.6 Å². The highest BCUT2D eigenvalue weighted by Crippen LogP contribution is 2.51. The molecule has 0 aliphatic carbocycles. The van der Waals surface area contributed by atoms with E-state index in [0.29, 0.717) is 6.07 Å². The molecule has 0 spiro atoms. The molecule has 1 aromatic carbocycles. The van der Waals surface area contributed by atoms with Crippen LogP contribution in [-0.4, -0.2) is 25.0 Å². The van der Waals surface area contributed by atoms with Crippen LogP contribution in [0.4, 0.5) is 30.7 Å². The molecule has 130 valence electrons. The van der Waals surface area contributed by atoms with Crippen molar-refractivity contribution in [2.45, 2.75) is 38.2 Å². The van der Waals surface area contributed by atoms with Crippen LogP contribution in [0.5, 0.6) is 5.75 Å². The summed E-state index contributed by atoms with van der Waals surface area (Å²) in [5, 5.41) is 0. The van der Waals surface area contributed by atoms with Crippen molar-refractivity contribution in [1.82, 2.24) is 0 Å². The fourth-order valence-electron chi connectivity index (χ4n) is 2.67. The lowest BCUT2D eigenvalue weighted by atomic mass is 9.79. The summed E-state index contributed by atoms with van der Waals surface area (Å²) >= 11 is 0. The summed E-state index contributed by atoms with van der Waals surface area (Å²) in [7, 11) is 0. The van der Waals surface area contributed by atoms with E-state index in [2.05, 4.69) is 4.74 Å². The van der Waals surface area contributed by atoms with E-state index in [-0.39, 0.29) is 5.56 Å². The van der Waals surface area contributed by atoms with Gasteiger partial charge in [-0.1, -0.05) is 13.0 Å². The Kier molecular flexibility index (Phi) is 4.53. The molecule has 1 aliphatic rings. The van der Waals surface area contributed by atoms with E-state index in [9.17, 15) is 30.7 Å². The van der Waals surface area contributed by atoms with Crippen molar-refractivity contribution in [2.75, 3.05) is 6.61 Å². The number of halogens is 7. The lowest BCUT2D eigenvalue weighted by Gasteiger charge is -2.32. The van der Waals surface area contributed by atoms with E-state index in [4.69, 9.17) is 4.74 Å². The van der Waals surface area contributed by atoms with Crippen molar-refractivity contribution >= 4 is 0 Å². The first kappa shape index (κ1) is 17.8. The van der Waals surface area contributed by atoms with Crippen LogP contribution in [0.2, 0.25) is 0 Å². The molecule has 0 bridgehead atoms. The number of benzene rings is 1. The highest BCUT2D eigenvalue weighted by atomic mass is 19.4. The van der Waals surface area contributed by atoms with Crippen LogP contribution in [0.25, 0.3) is 0 Å². The van der Waals surface area contributed by atoms with Gasteiger partial charge in [0.15, 0.2) is 17.2 Å². The third-order valence-electron chi connectivity index (χ3n) is 4.28. The Hall–Kier alpha value is -1.51. The van der Waals surface area contributed by atoms with Crippen molar-refractivity contribution in [2.24, 2.45) is 5.92 Å². The molecule has 0 amide bonds. The maximum Gasteiger partial charge on any atom is 0.417 e. The van der Waals surface area contributed by atoms with Crippen molar-refractivity contribution in [3.63, 3.8) is 0 Å². The Morgan fingerprint density at radius 3 is 2.35 bits per heavy atom. The molecule has 1 fully saturated rings. The molecular formula is C14H13F7O2. The first-order valence-corrected chi connectivity index (χ1v) is 6.62. The third-order valence-corrected chi connectivity index (χ3v) is 4.28. The molecule has 0 saturated carbocycles. The minimum Gasteiger partial charge on any atom is -0.431 e. The van der Waals surface area contributed by atoms with Gasteiger partial charge in [-0.15, -0.1) is 0 Å². The van der Waals surface area contributed by atoms with Gasteiger partial charge in [-0.25, -0.2) is 4.39 Å². The van der Waals surface area contributed by atoms with Gasteiger partial charge in [0, 0.05) is 17.4 Å². The summed E-state index contributed by atoms with van der Waals surface area (Å²) in [5.74, 6) is -6.49. The van der Waals surface area contributed by atoms with Gasteiger partial charge in [-0.3, -0.25) is 0 Å². The number of hydrogen-bond donors (Lipinski definition) is 0. The summed E-state index contributed by atoms with van der Waals surface area (Å²) in [6.07, 6.45) is -4.70. The highest BCUT2D eigenvalue weighted by molar-refractivity contribution is 5.40. The maximum absolute atomic E-state index is 13.7. The third kappa shape index (κ3) is 2.98. The molecule has 3 unspecified atom stereocenters. The average Bonchev–Trinajstić information content (AvgIpc) is 2.73. The van der Waals surface area contributed by atoms with Crippen LogP contribution in [-0.2, 0) is 4.74 Å². The second kappa shape index (κ2) is 5.85. The minimum atomic E-state index is -4.70. The van der Waals surface area contributed by atoms with Crippen LogP contribution in [0.15, 0.2) is 12.1 Å². The van der Waals surface area contributed by atoms with Crippen molar-refractivity contribution < 1.29 is 40.2 Å². The number of hydrogen-bond acceptors (Lipinski definition) is 2. The Labute approximate surface area is 127 Å². The zero-order valence-electron chi connectivity index (χ0n) is 12.1. The Morgan fingerprint density at radius 2 is 1.87 bits per heavy atom. The molecule has 2 rings (SSSR count). The first-order valence-electron chi connectivity index (χ1n) is 6.62. The normalized spacial score (nSPS) is 28.4. The largest absolute Gasteiger partial charge is 0.431 e. The van der Waals surface area contributed by atoms with Crippen LogP contribution in [0.1, 0.15) is 25.3 Å². The van der Waals surface area contributed by atoms with E-state index in [1.54, 1.807) is 0 Å². The van der Waals surface area contributed by atoms with Crippen molar-refractivity contribution in [1.29, 1.82) is 0 Å². The Morgan fingerprint density at radius 1 is 1.26 bits per heavy atom. The van der Waals surface area contributed by atoms with Gasteiger partial charge >= 0.3 is 12.8 Å². The molecule has 9 heteroatoms. The van der Waals surface area contributed by atoms with Crippen LogP contribution < -0.4 is 4.74 Å². The molecule has 0 aromatic heterocycles. The predicted octanol–water partition coefficient (Wildman–Crippen LogP) is 4.64. The van der Waals surface area contributed by atoms with Crippen LogP contribution in [0.3, 0.4) is 0 Å². The Bertz CT molecular complexity index is 587. The molecular weight excluding hydrogens is 333 g/mol. The SMILES string of the molecule is CC1C(c2ccc(F)c(F)c2OC(F)F)COC1(C)C(F)(F)F. The number of alkyl halides is 5. The highest BCUT2D eigenvalue weighted by Gasteiger charge is 2.61. The summed E-state index contributed by atoms with van der Waals surface area (Å²) in [6, 6.07) is 1.59. The lowest BCUT2D eigenvalue weighted by molar-refractivity contribution is -0.266. The van der Waals surface area contributed by atoms with Crippen molar-refractivity contribution in [3.05, 3.63) is 29.3 Å². The fraction of sp³-hybridized carbons (Fsp3) is 0.571. The Balaban J connectivity index is 2.46. The van der Waals surface area contributed by atoms with Gasteiger partial charge in [-0.05, 0) is 13.0 Å². The standard InChI is InChI=1S/C14H13F7O2/c1-6-8(5-22-13(6,2)14(19,20)21)7-3-4-9(15)10(16)11(7)23-12(17)18/h3-4,6,8,12H,5H2,1-2H3. The zero-order valence-corrected chi connectivity index (χ0v) is 12.1. The molecule has 0 radical (unpaired) electrons. The van der Waals surface area contributed by atoms with E-state index in [1.165, 1.54) is 6.92 Å².